The average molecular weight is 300 g/mol. The second kappa shape index (κ2) is 6.52. The fraction of sp³-hybridized carbons (Fsp3) is 0.278. The first-order valence-electron chi connectivity index (χ1n) is 7.07. The van der Waals surface area contributed by atoms with E-state index in [-0.39, 0.29) is 11.6 Å². The van der Waals surface area contributed by atoms with Gasteiger partial charge in [-0.2, -0.15) is 0 Å². The summed E-state index contributed by atoms with van der Waals surface area (Å²) in [5, 5.41) is 0. The van der Waals surface area contributed by atoms with Crippen molar-refractivity contribution in [3.8, 4) is 23.0 Å². The zero-order chi connectivity index (χ0) is 16.2. The van der Waals surface area contributed by atoms with Crippen molar-refractivity contribution < 1.29 is 19.0 Å². The average Bonchev–Trinajstić information content (AvgIpc) is 2.41. The van der Waals surface area contributed by atoms with Crippen LogP contribution < -0.4 is 14.2 Å². The van der Waals surface area contributed by atoms with Crippen molar-refractivity contribution in [1.82, 2.24) is 0 Å². The lowest BCUT2D eigenvalue weighted by atomic mass is 10.2. The molecule has 0 bridgehead atoms. The van der Waals surface area contributed by atoms with Crippen LogP contribution in [-0.4, -0.2) is 11.6 Å². The maximum Gasteiger partial charge on any atom is 0.308 e. The Balaban J connectivity index is 2.00. The quantitative estimate of drug-likeness (QED) is 0.612. The third kappa shape index (κ3) is 5.13. The van der Waals surface area contributed by atoms with Crippen molar-refractivity contribution >= 4 is 5.97 Å². The molecule has 0 spiro atoms. The van der Waals surface area contributed by atoms with Gasteiger partial charge >= 0.3 is 5.97 Å². The van der Waals surface area contributed by atoms with Crippen LogP contribution in [0.15, 0.2) is 48.5 Å². The van der Waals surface area contributed by atoms with Crippen molar-refractivity contribution in [3.05, 3.63) is 48.5 Å². The third-order valence-electron chi connectivity index (χ3n) is 2.57. The van der Waals surface area contributed by atoms with Gasteiger partial charge in [0.25, 0.3) is 0 Å². The molecule has 0 aliphatic rings. The van der Waals surface area contributed by atoms with Crippen LogP contribution in [0.25, 0.3) is 0 Å². The number of esters is 1. The maximum atomic E-state index is 10.9. The van der Waals surface area contributed by atoms with Crippen LogP contribution >= 0.6 is 0 Å². The molecule has 0 aliphatic heterocycles. The highest BCUT2D eigenvalue weighted by atomic mass is 16.5. The lowest BCUT2D eigenvalue weighted by Crippen LogP contribution is -2.22. The Bertz CT molecular complexity index is 622. The number of rotatable bonds is 4. The zero-order valence-corrected chi connectivity index (χ0v) is 13.3. The molecule has 116 valence electrons. The molecule has 0 atom stereocenters. The third-order valence-corrected chi connectivity index (χ3v) is 2.57. The van der Waals surface area contributed by atoms with Gasteiger partial charge in [-0.05, 0) is 69.3 Å². The smallest absolute Gasteiger partial charge is 0.308 e. The highest BCUT2D eigenvalue weighted by Gasteiger charge is 2.11. The van der Waals surface area contributed by atoms with E-state index in [1.54, 1.807) is 24.3 Å². The molecule has 0 radical (unpaired) electrons. The van der Waals surface area contributed by atoms with Gasteiger partial charge in [-0.3, -0.25) is 4.79 Å². The molecule has 2 aromatic carbocycles. The predicted octanol–water partition coefficient (Wildman–Crippen LogP) is 4.58. The van der Waals surface area contributed by atoms with Crippen molar-refractivity contribution in [2.45, 2.75) is 33.3 Å². The number of hydrogen-bond donors (Lipinski definition) is 0. The topological polar surface area (TPSA) is 44.8 Å². The highest BCUT2D eigenvalue weighted by molar-refractivity contribution is 5.69. The Hall–Kier alpha value is -2.49. The molecule has 0 saturated heterocycles. The number of benzene rings is 2. The molecule has 4 nitrogen and oxygen atoms in total. The van der Waals surface area contributed by atoms with Crippen LogP contribution in [-0.2, 0) is 4.79 Å². The summed E-state index contributed by atoms with van der Waals surface area (Å²) < 4.78 is 16.5. The molecule has 0 aliphatic carbocycles. The molecule has 0 heterocycles. The number of hydrogen-bond acceptors (Lipinski definition) is 4. The van der Waals surface area contributed by atoms with Gasteiger partial charge in [0.15, 0.2) is 0 Å². The Labute approximate surface area is 130 Å². The van der Waals surface area contributed by atoms with Crippen LogP contribution in [0, 0.1) is 0 Å². The minimum Gasteiger partial charge on any atom is -0.488 e. The van der Waals surface area contributed by atoms with Gasteiger partial charge in [-0.25, -0.2) is 0 Å². The van der Waals surface area contributed by atoms with Gasteiger partial charge in [-0.1, -0.05) is 0 Å². The first kappa shape index (κ1) is 15.9. The second-order valence-electron chi connectivity index (χ2n) is 5.85. The summed E-state index contributed by atoms with van der Waals surface area (Å²) in [5.41, 5.74) is -0.227. The molecule has 2 aromatic rings. The molecule has 0 amide bonds. The molecule has 4 heteroatoms. The summed E-state index contributed by atoms with van der Waals surface area (Å²) in [6.45, 7) is 7.37. The Kier molecular flexibility index (Phi) is 4.71. The lowest BCUT2D eigenvalue weighted by molar-refractivity contribution is -0.131. The molecule has 22 heavy (non-hydrogen) atoms. The van der Waals surface area contributed by atoms with E-state index in [9.17, 15) is 4.79 Å². The van der Waals surface area contributed by atoms with Crippen LogP contribution in [0.4, 0.5) is 0 Å². The molecular formula is C18H20O4. The largest absolute Gasteiger partial charge is 0.488 e. The van der Waals surface area contributed by atoms with Gasteiger partial charge in [0.1, 0.15) is 28.6 Å². The molecule has 2 rings (SSSR count). The van der Waals surface area contributed by atoms with Crippen molar-refractivity contribution in [2.75, 3.05) is 0 Å². The first-order valence-corrected chi connectivity index (χ1v) is 7.07. The summed E-state index contributed by atoms with van der Waals surface area (Å²) >= 11 is 0. The minimum absolute atomic E-state index is 0.227. The molecule has 0 fully saturated rings. The summed E-state index contributed by atoms with van der Waals surface area (Å²) in [4.78, 5) is 10.9. The van der Waals surface area contributed by atoms with Crippen molar-refractivity contribution in [2.24, 2.45) is 0 Å². The SMILES string of the molecule is CC(=O)Oc1ccc(Oc2ccc(OC(C)(C)C)cc2)cc1. The van der Waals surface area contributed by atoms with Gasteiger partial charge in [0, 0.05) is 6.92 Å². The van der Waals surface area contributed by atoms with E-state index >= 15 is 0 Å². The van der Waals surface area contributed by atoms with E-state index in [2.05, 4.69) is 0 Å². The summed E-state index contributed by atoms with van der Waals surface area (Å²) in [6.07, 6.45) is 0. The van der Waals surface area contributed by atoms with Crippen LogP contribution in [0.2, 0.25) is 0 Å². The second-order valence-corrected chi connectivity index (χ2v) is 5.85. The predicted molar refractivity (Wildman–Crippen MR) is 84.6 cm³/mol. The van der Waals surface area contributed by atoms with E-state index in [0.717, 1.165) is 5.75 Å². The van der Waals surface area contributed by atoms with Gasteiger partial charge < -0.3 is 14.2 Å². The van der Waals surface area contributed by atoms with Crippen LogP contribution in [0.3, 0.4) is 0 Å². The number of carbonyl (C=O) groups is 1. The van der Waals surface area contributed by atoms with E-state index in [1.807, 2.05) is 45.0 Å². The maximum absolute atomic E-state index is 10.9. The normalized spacial score (nSPS) is 10.9. The standard InChI is InChI=1S/C18H20O4/c1-13(19)20-14-5-7-15(8-6-14)21-16-9-11-17(12-10-16)22-18(2,3)4/h5-12H,1-4H3. The van der Waals surface area contributed by atoms with E-state index < -0.39 is 0 Å². The monoisotopic (exact) mass is 300 g/mol. The van der Waals surface area contributed by atoms with Gasteiger partial charge in [0.05, 0.1) is 0 Å². The Morgan fingerprint density at radius 2 is 1.18 bits per heavy atom. The van der Waals surface area contributed by atoms with Crippen molar-refractivity contribution in [1.29, 1.82) is 0 Å². The van der Waals surface area contributed by atoms with Gasteiger partial charge in [0.2, 0.25) is 0 Å². The number of carbonyl (C=O) groups excluding carboxylic acids is 1. The summed E-state index contributed by atoms with van der Waals surface area (Å²) in [6, 6.07) is 14.3. The lowest BCUT2D eigenvalue weighted by Gasteiger charge is -2.21. The molecule has 0 saturated carbocycles. The molecule has 0 unspecified atom stereocenters. The van der Waals surface area contributed by atoms with Gasteiger partial charge in [-0.15, -0.1) is 0 Å². The minimum atomic E-state index is -0.344. The Morgan fingerprint density at radius 1 is 0.773 bits per heavy atom. The highest BCUT2D eigenvalue weighted by Crippen LogP contribution is 2.26. The van der Waals surface area contributed by atoms with Crippen LogP contribution in [0.1, 0.15) is 27.7 Å². The van der Waals surface area contributed by atoms with E-state index in [0.29, 0.717) is 17.2 Å². The zero-order valence-electron chi connectivity index (χ0n) is 13.3. The van der Waals surface area contributed by atoms with Crippen molar-refractivity contribution in [3.63, 3.8) is 0 Å². The summed E-state index contributed by atoms with van der Waals surface area (Å²) in [5.74, 6) is 2.32. The number of ether oxygens (including phenoxy) is 3. The van der Waals surface area contributed by atoms with E-state index in [1.165, 1.54) is 6.92 Å². The fourth-order valence-electron chi connectivity index (χ4n) is 1.81. The molecular weight excluding hydrogens is 280 g/mol. The first-order chi connectivity index (χ1) is 10.3. The Morgan fingerprint density at radius 3 is 1.59 bits per heavy atom. The fourth-order valence-corrected chi connectivity index (χ4v) is 1.81. The van der Waals surface area contributed by atoms with Crippen LogP contribution in [0.5, 0.6) is 23.0 Å². The van der Waals surface area contributed by atoms with E-state index in [4.69, 9.17) is 14.2 Å². The summed E-state index contributed by atoms with van der Waals surface area (Å²) in [7, 11) is 0. The molecule has 0 N–H and O–H groups in total. The molecule has 0 aromatic heterocycles.